The van der Waals surface area contributed by atoms with Gasteiger partial charge in [-0.3, -0.25) is 0 Å². The molecule has 2 N–H and O–H groups in total. The zero-order valence-corrected chi connectivity index (χ0v) is 13.1. The van der Waals surface area contributed by atoms with Gasteiger partial charge in [-0.1, -0.05) is 12.8 Å². The van der Waals surface area contributed by atoms with Gasteiger partial charge in [0.15, 0.2) is 0 Å². The van der Waals surface area contributed by atoms with E-state index >= 15 is 0 Å². The lowest BCUT2D eigenvalue weighted by Gasteiger charge is -2.30. The second-order valence-corrected chi connectivity index (χ2v) is 6.50. The summed E-state index contributed by atoms with van der Waals surface area (Å²) in [5.74, 6) is 1.53. The van der Waals surface area contributed by atoms with E-state index in [0.717, 1.165) is 12.4 Å². The first-order valence-corrected chi connectivity index (χ1v) is 7.63. The predicted molar refractivity (Wildman–Crippen MR) is 84.3 cm³/mol. The van der Waals surface area contributed by atoms with Gasteiger partial charge >= 0.3 is 0 Å². The quantitative estimate of drug-likeness (QED) is 0.913. The monoisotopic (exact) mass is 277 g/mol. The van der Waals surface area contributed by atoms with Gasteiger partial charge in [-0.05, 0) is 52.7 Å². The zero-order chi connectivity index (χ0) is 14.8. The molecule has 0 spiro atoms. The Morgan fingerprint density at radius 1 is 1.30 bits per heavy atom. The van der Waals surface area contributed by atoms with E-state index in [1.165, 1.54) is 25.7 Å². The molecule has 2 rings (SSSR count). The van der Waals surface area contributed by atoms with Crippen molar-refractivity contribution in [1.29, 1.82) is 0 Å². The van der Waals surface area contributed by atoms with E-state index in [2.05, 4.69) is 16.8 Å². The van der Waals surface area contributed by atoms with Crippen LogP contribution in [0.4, 0.5) is 11.5 Å². The van der Waals surface area contributed by atoms with Gasteiger partial charge in [0.25, 0.3) is 0 Å². The molecule has 0 bridgehead atoms. The summed E-state index contributed by atoms with van der Waals surface area (Å²) in [7, 11) is 0. The molecule has 4 heteroatoms. The summed E-state index contributed by atoms with van der Waals surface area (Å²) in [4.78, 5) is 7.03. The van der Waals surface area contributed by atoms with Crippen molar-refractivity contribution < 1.29 is 4.74 Å². The molecular weight excluding hydrogens is 250 g/mol. The lowest BCUT2D eigenvalue weighted by molar-refractivity contribution is 0.125. The van der Waals surface area contributed by atoms with E-state index < -0.39 is 0 Å². The largest absolute Gasteiger partial charge is 0.470 e. The van der Waals surface area contributed by atoms with Crippen molar-refractivity contribution >= 4 is 11.5 Å². The molecule has 4 nitrogen and oxygen atoms in total. The number of pyridine rings is 1. The summed E-state index contributed by atoms with van der Waals surface area (Å²) < 4.78 is 5.87. The Morgan fingerprint density at radius 3 is 2.50 bits per heavy atom. The molecule has 0 amide bonds. The van der Waals surface area contributed by atoms with E-state index in [-0.39, 0.29) is 5.60 Å². The molecule has 0 aliphatic heterocycles. The number of ether oxygens (including phenoxy) is 1. The molecule has 0 atom stereocenters. The molecule has 1 aromatic rings. The highest BCUT2D eigenvalue weighted by molar-refractivity contribution is 5.55. The Balaban J connectivity index is 2.24. The maximum atomic E-state index is 5.99. The van der Waals surface area contributed by atoms with Crippen molar-refractivity contribution in [2.75, 3.05) is 17.2 Å². The first kappa shape index (κ1) is 14.9. The van der Waals surface area contributed by atoms with Crippen LogP contribution in [0.5, 0.6) is 5.88 Å². The van der Waals surface area contributed by atoms with E-state index in [9.17, 15) is 0 Å². The minimum Gasteiger partial charge on any atom is -0.470 e. The van der Waals surface area contributed by atoms with Gasteiger partial charge in [0, 0.05) is 12.6 Å². The average Bonchev–Trinajstić information content (AvgIpc) is 2.86. The second-order valence-electron chi connectivity index (χ2n) is 6.50. The summed E-state index contributed by atoms with van der Waals surface area (Å²) in [6, 6.07) is 4.52. The van der Waals surface area contributed by atoms with Crippen molar-refractivity contribution in [3.8, 4) is 5.88 Å². The summed E-state index contributed by atoms with van der Waals surface area (Å²) in [6.07, 6.45) is 5.16. The molecule has 1 aromatic heterocycles. The number of aromatic nitrogens is 1. The van der Waals surface area contributed by atoms with Crippen LogP contribution >= 0.6 is 0 Å². The fourth-order valence-corrected chi connectivity index (χ4v) is 2.80. The first-order valence-electron chi connectivity index (χ1n) is 7.63. The van der Waals surface area contributed by atoms with Gasteiger partial charge in [0.2, 0.25) is 5.88 Å². The second kappa shape index (κ2) is 5.90. The van der Waals surface area contributed by atoms with Crippen LogP contribution in [0.25, 0.3) is 0 Å². The SMILES string of the molecule is CCN(c1ccc(N)c(OC(C)(C)C)n1)C1CCCC1. The fraction of sp³-hybridized carbons (Fsp3) is 0.688. The first-order chi connectivity index (χ1) is 9.40. The molecular formula is C16H27N3O. The highest BCUT2D eigenvalue weighted by Gasteiger charge is 2.24. The highest BCUT2D eigenvalue weighted by atomic mass is 16.5. The smallest absolute Gasteiger partial charge is 0.239 e. The van der Waals surface area contributed by atoms with Crippen LogP contribution < -0.4 is 15.4 Å². The van der Waals surface area contributed by atoms with Crippen LogP contribution in [-0.4, -0.2) is 23.2 Å². The van der Waals surface area contributed by atoms with Gasteiger partial charge in [0.05, 0.1) is 5.69 Å². The van der Waals surface area contributed by atoms with Crippen molar-refractivity contribution in [3.63, 3.8) is 0 Å². The lowest BCUT2D eigenvalue weighted by atomic mass is 10.2. The number of nitrogen functional groups attached to an aromatic ring is 1. The van der Waals surface area contributed by atoms with Gasteiger partial charge in [-0.15, -0.1) is 0 Å². The number of hydrogen-bond donors (Lipinski definition) is 1. The molecule has 0 aromatic carbocycles. The number of anilines is 2. The van der Waals surface area contributed by atoms with Crippen molar-refractivity contribution in [3.05, 3.63) is 12.1 Å². The zero-order valence-electron chi connectivity index (χ0n) is 13.1. The number of nitrogens with two attached hydrogens (primary N) is 1. The lowest BCUT2D eigenvalue weighted by Crippen LogP contribution is -2.34. The van der Waals surface area contributed by atoms with Gasteiger partial charge in [0.1, 0.15) is 11.4 Å². The Labute approximate surface area is 122 Å². The molecule has 0 unspecified atom stereocenters. The minimum absolute atomic E-state index is 0.288. The molecule has 1 aliphatic carbocycles. The molecule has 20 heavy (non-hydrogen) atoms. The fourth-order valence-electron chi connectivity index (χ4n) is 2.80. The van der Waals surface area contributed by atoms with E-state index in [0.29, 0.717) is 17.6 Å². The number of nitrogens with zero attached hydrogens (tertiary/aromatic N) is 2. The third-order valence-corrected chi connectivity index (χ3v) is 3.68. The van der Waals surface area contributed by atoms with Crippen LogP contribution in [-0.2, 0) is 0 Å². The molecule has 1 fully saturated rings. The van der Waals surface area contributed by atoms with Gasteiger partial charge < -0.3 is 15.4 Å². The maximum absolute atomic E-state index is 5.99. The van der Waals surface area contributed by atoms with Crippen LogP contribution in [0.3, 0.4) is 0 Å². The van der Waals surface area contributed by atoms with Crippen molar-refractivity contribution in [1.82, 2.24) is 4.98 Å². The molecule has 0 saturated heterocycles. The van der Waals surface area contributed by atoms with Crippen molar-refractivity contribution in [2.45, 2.75) is 65.0 Å². The van der Waals surface area contributed by atoms with Gasteiger partial charge in [-0.2, -0.15) is 4.98 Å². The number of hydrogen-bond acceptors (Lipinski definition) is 4. The summed E-state index contributed by atoms with van der Waals surface area (Å²) >= 11 is 0. The minimum atomic E-state index is -0.288. The van der Waals surface area contributed by atoms with Gasteiger partial charge in [-0.25, -0.2) is 0 Å². The summed E-state index contributed by atoms with van der Waals surface area (Å²) in [6.45, 7) is 9.18. The third kappa shape index (κ3) is 3.56. The highest BCUT2D eigenvalue weighted by Crippen LogP contribution is 2.31. The molecule has 112 valence electrons. The summed E-state index contributed by atoms with van der Waals surface area (Å²) in [5, 5.41) is 0. The topological polar surface area (TPSA) is 51.4 Å². The van der Waals surface area contributed by atoms with E-state index in [4.69, 9.17) is 10.5 Å². The standard InChI is InChI=1S/C16H27N3O/c1-5-19(12-8-6-7-9-12)14-11-10-13(17)15(18-14)20-16(2,3)4/h10-12H,5-9,17H2,1-4H3. The molecule has 1 aliphatic rings. The maximum Gasteiger partial charge on any atom is 0.239 e. The normalized spacial score (nSPS) is 16.4. The molecule has 1 saturated carbocycles. The number of rotatable bonds is 4. The Morgan fingerprint density at radius 2 is 1.95 bits per heavy atom. The average molecular weight is 277 g/mol. The molecule has 1 heterocycles. The van der Waals surface area contributed by atoms with Crippen LogP contribution in [0.2, 0.25) is 0 Å². The third-order valence-electron chi connectivity index (χ3n) is 3.68. The van der Waals surface area contributed by atoms with Crippen LogP contribution in [0, 0.1) is 0 Å². The Bertz CT molecular complexity index is 448. The van der Waals surface area contributed by atoms with E-state index in [1.807, 2.05) is 32.9 Å². The summed E-state index contributed by atoms with van der Waals surface area (Å²) in [5.41, 5.74) is 6.30. The Hall–Kier alpha value is -1.45. The van der Waals surface area contributed by atoms with Crippen LogP contribution in [0.1, 0.15) is 53.4 Å². The van der Waals surface area contributed by atoms with Crippen molar-refractivity contribution in [2.24, 2.45) is 0 Å². The van der Waals surface area contributed by atoms with Crippen LogP contribution in [0.15, 0.2) is 12.1 Å². The molecule has 0 radical (unpaired) electrons. The van der Waals surface area contributed by atoms with E-state index in [1.54, 1.807) is 0 Å². The predicted octanol–water partition coefficient (Wildman–Crippen LogP) is 3.61. The Kier molecular flexibility index (Phi) is 4.41.